The van der Waals surface area contributed by atoms with Gasteiger partial charge in [0.2, 0.25) is 0 Å². The maximum Gasteiger partial charge on any atom is 0.337 e. The van der Waals surface area contributed by atoms with E-state index in [0.29, 0.717) is 0 Å². The second-order valence-corrected chi connectivity index (χ2v) is 5.92. The highest BCUT2D eigenvalue weighted by molar-refractivity contribution is 6.29. The van der Waals surface area contributed by atoms with Gasteiger partial charge in [0.1, 0.15) is 0 Å². The van der Waals surface area contributed by atoms with E-state index >= 15 is 0 Å². The first-order valence-electron chi connectivity index (χ1n) is 7.79. The van der Waals surface area contributed by atoms with Crippen LogP contribution in [0.15, 0.2) is 30.3 Å². The number of carboxylic acids is 5. The lowest BCUT2D eigenvalue weighted by molar-refractivity contribution is 0.0621. The third-order valence-corrected chi connectivity index (χ3v) is 4.39. The second-order valence-electron chi connectivity index (χ2n) is 5.92. The van der Waals surface area contributed by atoms with Crippen molar-refractivity contribution in [1.82, 2.24) is 0 Å². The zero-order valence-corrected chi connectivity index (χ0v) is 14.2. The van der Waals surface area contributed by atoms with E-state index in [-0.39, 0.29) is 10.8 Å². The van der Waals surface area contributed by atoms with Crippen molar-refractivity contribution in [1.29, 1.82) is 0 Å². The molecule has 0 fully saturated rings. The summed E-state index contributed by atoms with van der Waals surface area (Å²) >= 11 is 0. The Morgan fingerprint density at radius 2 is 0.966 bits per heavy atom. The Hall–Kier alpha value is -4.47. The molecule has 0 aliphatic heterocycles. The summed E-state index contributed by atoms with van der Waals surface area (Å²) in [6.45, 7) is 0. The molecule has 0 aliphatic rings. The van der Waals surface area contributed by atoms with Crippen molar-refractivity contribution >= 4 is 51.4 Å². The standard InChI is InChI=1S/C19H10O10/c20-15(21)10-7-4-2-1-3-6(7)5-8-9(10)12(17(24)25)14(19(28)29)13(18(26)27)11(8)16(22)23/h1-5H,(H,20,21)(H,22,23)(H,24,25)(H,26,27)(H,28,29). The van der Waals surface area contributed by atoms with E-state index in [2.05, 4.69) is 0 Å². The van der Waals surface area contributed by atoms with Crippen LogP contribution in [0.25, 0.3) is 21.5 Å². The summed E-state index contributed by atoms with van der Waals surface area (Å²) < 4.78 is 0. The number of carboxylic acid groups (broad SMARTS) is 5. The van der Waals surface area contributed by atoms with Crippen molar-refractivity contribution in [2.75, 3.05) is 0 Å². The summed E-state index contributed by atoms with van der Waals surface area (Å²) in [7, 11) is 0. The van der Waals surface area contributed by atoms with Gasteiger partial charge >= 0.3 is 29.8 Å². The monoisotopic (exact) mass is 398 g/mol. The quantitative estimate of drug-likeness (QED) is 0.400. The molecule has 0 atom stereocenters. The number of hydrogen-bond donors (Lipinski definition) is 5. The molecular formula is C19H10O10. The Kier molecular flexibility index (Phi) is 4.39. The van der Waals surface area contributed by atoms with Crippen LogP contribution in [0.5, 0.6) is 0 Å². The molecule has 3 aromatic carbocycles. The molecule has 29 heavy (non-hydrogen) atoms. The first-order valence-corrected chi connectivity index (χ1v) is 7.79. The van der Waals surface area contributed by atoms with E-state index in [1.807, 2.05) is 0 Å². The van der Waals surface area contributed by atoms with Gasteiger partial charge in [-0.2, -0.15) is 0 Å². The predicted octanol–water partition coefficient (Wildman–Crippen LogP) is 2.48. The minimum Gasteiger partial charge on any atom is -0.478 e. The van der Waals surface area contributed by atoms with Gasteiger partial charge in [0, 0.05) is 5.39 Å². The lowest BCUT2D eigenvalue weighted by atomic mass is 9.84. The van der Waals surface area contributed by atoms with Crippen molar-refractivity contribution in [3.05, 3.63) is 58.1 Å². The molecule has 0 unspecified atom stereocenters. The molecule has 146 valence electrons. The highest BCUT2D eigenvalue weighted by atomic mass is 16.4. The number of fused-ring (bicyclic) bond motifs is 2. The summed E-state index contributed by atoms with van der Waals surface area (Å²) in [5.41, 5.74) is -5.33. The van der Waals surface area contributed by atoms with E-state index in [9.17, 15) is 49.5 Å². The Morgan fingerprint density at radius 1 is 0.517 bits per heavy atom. The fourth-order valence-corrected chi connectivity index (χ4v) is 3.40. The summed E-state index contributed by atoms with van der Waals surface area (Å²) in [6.07, 6.45) is 0. The molecule has 3 aromatic rings. The Balaban J connectivity index is 2.89. The van der Waals surface area contributed by atoms with Gasteiger partial charge in [-0.05, 0) is 22.2 Å². The Labute approximate surface area is 159 Å². The molecule has 0 aliphatic carbocycles. The Bertz CT molecular complexity index is 1290. The van der Waals surface area contributed by atoms with Gasteiger partial charge in [-0.3, -0.25) is 0 Å². The molecular weight excluding hydrogens is 388 g/mol. The van der Waals surface area contributed by atoms with Crippen LogP contribution in [-0.4, -0.2) is 55.4 Å². The molecule has 0 amide bonds. The lowest BCUT2D eigenvalue weighted by Crippen LogP contribution is -2.21. The normalized spacial score (nSPS) is 10.8. The zero-order valence-electron chi connectivity index (χ0n) is 14.2. The molecule has 0 aromatic heterocycles. The molecule has 0 bridgehead atoms. The van der Waals surface area contributed by atoms with Crippen LogP contribution in [0.2, 0.25) is 0 Å². The third kappa shape index (κ3) is 2.79. The number of rotatable bonds is 5. The van der Waals surface area contributed by atoms with Gasteiger partial charge in [0.15, 0.2) is 0 Å². The minimum atomic E-state index is -2.02. The summed E-state index contributed by atoms with van der Waals surface area (Å²) in [5, 5.41) is 47.0. The molecule has 10 nitrogen and oxygen atoms in total. The van der Waals surface area contributed by atoms with Crippen LogP contribution in [0.4, 0.5) is 0 Å². The second kappa shape index (κ2) is 6.60. The minimum absolute atomic E-state index is 0.0331. The molecule has 0 saturated heterocycles. The molecule has 3 rings (SSSR count). The molecule has 0 saturated carbocycles. The SMILES string of the molecule is O=C(O)c1c(C(=O)O)c(C(=O)O)c2c(C(=O)O)c3ccccc3cc2c1C(=O)O. The van der Waals surface area contributed by atoms with Gasteiger partial charge in [0.25, 0.3) is 0 Å². The number of aromatic carboxylic acids is 5. The molecule has 0 heterocycles. The van der Waals surface area contributed by atoms with Crippen LogP contribution in [0, 0.1) is 0 Å². The average Bonchev–Trinajstić information content (AvgIpc) is 2.62. The first kappa shape index (κ1) is 19.3. The van der Waals surface area contributed by atoms with Crippen LogP contribution in [-0.2, 0) is 0 Å². The van der Waals surface area contributed by atoms with E-state index in [4.69, 9.17) is 0 Å². The molecule has 0 radical (unpaired) electrons. The molecule has 10 heteroatoms. The van der Waals surface area contributed by atoms with E-state index in [1.54, 1.807) is 0 Å². The predicted molar refractivity (Wildman–Crippen MR) is 96.3 cm³/mol. The lowest BCUT2D eigenvalue weighted by Gasteiger charge is -2.17. The van der Waals surface area contributed by atoms with Crippen LogP contribution in [0.3, 0.4) is 0 Å². The van der Waals surface area contributed by atoms with Crippen LogP contribution >= 0.6 is 0 Å². The van der Waals surface area contributed by atoms with Gasteiger partial charge in [-0.1, -0.05) is 24.3 Å². The smallest absolute Gasteiger partial charge is 0.337 e. The van der Waals surface area contributed by atoms with Crippen molar-refractivity contribution < 1.29 is 49.5 Å². The van der Waals surface area contributed by atoms with E-state index in [0.717, 1.165) is 6.07 Å². The third-order valence-electron chi connectivity index (χ3n) is 4.39. The average molecular weight is 398 g/mol. The van der Waals surface area contributed by atoms with Gasteiger partial charge in [-0.15, -0.1) is 0 Å². The fraction of sp³-hybridized carbons (Fsp3) is 0. The molecule has 0 spiro atoms. The van der Waals surface area contributed by atoms with Crippen molar-refractivity contribution in [2.45, 2.75) is 0 Å². The van der Waals surface area contributed by atoms with E-state index in [1.165, 1.54) is 24.3 Å². The highest BCUT2D eigenvalue weighted by Gasteiger charge is 2.35. The maximum absolute atomic E-state index is 12.0. The summed E-state index contributed by atoms with van der Waals surface area (Å²) in [5.74, 6) is -9.39. The number of carbonyl (C=O) groups is 5. The number of benzene rings is 3. The molecule has 5 N–H and O–H groups in total. The van der Waals surface area contributed by atoms with Gasteiger partial charge < -0.3 is 25.5 Å². The van der Waals surface area contributed by atoms with Crippen molar-refractivity contribution in [3.63, 3.8) is 0 Å². The van der Waals surface area contributed by atoms with Crippen molar-refractivity contribution in [3.8, 4) is 0 Å². The topological polar surface area (TPSA) is 186 Å². The maximum atomic E-state index is 12.0. The first-order chi connectivity index (χ1) is 13.6. The largest absolute Gasteiger partial charge is 0.478 e. The Morgan fingerprint density at radius 3 is 1.45 bits per heavy atom. The zero-order chi connectivity index (χ0) is 21.6. The highest BCUT2D eigenvalue weighted by Crippen LogP contribution is 2.37. The summed E-state index contributed by atoms with van der Waals surface area (Å²) in [4.78, 5) is 59.2. The van der Waals surface area contributed by atoms with Crippen molar-refractivity contribution in [2.24, 2.45) is 0 Å². The summed E-state index contributed by atoms with van der Waals surface area (Å²) in [6, 6.07) is 6.88. The van der Waals surface area contributed by atoms with Gasteiger partial charge in [0.05, 0.1) is 27.8 Å². The number of hydrogen-bond acceptors (Lipinski definition) is 5. The van der Waals surface area contributed by atoms with Crippen LogP contribution < -0.4 is 0 Å². The van der Waals surface area contributed by atoms with Crippen LogP contribution in [0.1, 0.15) is 51.8 Å². The van der Waals surface area contributed by atoms with Gasteiger partial charge in [-0.25, -0.2) is 24.0 Å². The van der Waals surface area contributed by atoms with E-state index < -0.39 is 68.4 Å². The fourth-order valence-electron chi connectivity index (χ4n) is 3.40.